The Morgan fingerprint density at radius 2 is 1.84 bits per heavy atom. The van der Waals surface area contributed by atoms with Gasteiger partial charge in [-0.1, -0.05) is 18.5 Å². The number of hydrogen-bond donors (Lipinski definition) is 1. The summed E-state index contributed by atoms with van der Waals surface area (Å²) in [5.41, 5.74) is 1.99. The number of halogens is 1. The summed E-state index contributed by atoms with van der Waals surface area (Å²) in [4.78, 5) is 0. The second-order valence-corrected chi connectivity index (χ2v) is 5.09. The van der Waals surface area contributed by atoms with Crippen molar-refractivity contribution >= 4 is 17.4 Å². The highest BCUT2D eigenvalue weighted by Gasteiger charge is 2.19. The number of aromatic hydroxyl groups is 1. The van der Waals surface area contributed by atoms with Crippen molar-refractivity contribution in [1.82, 2.24) is 0 Å². The summed E-state index contributed by atoms with van der Waals surface area (Å²) in [6, 6.07) is 12.7. The van der Waals surface area contributed by atoms with Gasteiger partial charge in [-0.3, -0.25) is 0 Å². The van der Waals surface area contributed by atoms with Crippen LogP contribution in [0.25, 0.3) is 5.76 Å². The fourth-order valence-corrected chi connectivity index (χ4v) is 2.35. The summed E-state index contributed by atoms with van der Waals surface area (Å²) >= 11 is 5.89. The monoisotopic (exact) mass is 272 g/mol. The van der Waals surface area contributed by atoms with Crippen LogP contribution in [0.2, 0.25) is 5.02 Å². The molecule has 0 bridgehead atoms. The average molecular weight is 273 g/mol. The van der Waals surface area contributed by atoms with Crippen LogP contribution in [-0.4, -0.2) is 5.11 Å². The molecule has 3 heteroatoms. The second-order valence-electron chi connectivity index (χ2n) is 4.65. The van der Waals surface area contributed by atoms with Crippen molar-refractivity contribution < 1.29 is 9.84 Å². The van der Waals surface area contributed by atoms with Gasteiger partial charge in [0.2, 0.25) is 0 Å². The molecule has 0 saturated carbocycles. The molecule has 1 aliphatic heterocycles. The molecule has 0 amide bonds. The summed E-state index contributed by atoms with van der Waals surface area (Å²) in [6.07, 6.45) is 2.05. The lowest BCUT2D eigenvalue weighted by Gasteiger charge is -2.23. The average Bonchev–Trinajstić information content (AvgIpc) is 2.40. The Morgan fingerprint density at radius 3 is 2.58 bits per heavy atom. The number of rotatable bonds is 1. The predicted octanol–water partition coefficient (Wildman–Crippen LogP) is 4.58. The minimum absolute atomic E-state index is 0.196. The fourth-order valence-electron chi connectivity index (χ4n) is 2.22. The van der Waals surface area contributed by atoms with Gasteiger partial charge in [0, 0.05) is 22.1 Å². The molecule has 2 aromatic carbocycles. The SMILES string of the molecule is CC1C=C(c2ccc(Cl)cc2)Oc2ccc(O)cc21. The molecule has 0 saturated heterocycles. The van der Waals surface area contributed by atoms with Crippen LogP contribution in [0.5, 0.6) is 11.5 Å². The van der Waals surface area contributed by atoms with Gasteiger partial charge in [0.1, 0.15) is 17.3 Å². The third-order valence-electron chi connectivity index (χ3n) is 3.23. The number of fused-ring (bicyclic) bond motifs is 1. The first kappa shape index (κ1) is 12.1. The maximum atomic E-state index is 9.53. The van der Waals surface area contributed by atoms with Crippen molar-refractivity contribution in [2.45, 2.75) is 12.8 Å². The first-order valence-corrected chi connectivity index (χ1v) is 6.50. The van der Waals surface area contributed by atoms with E-state index in [9.17, 15) is 5.11 Å². The molecular weight excluding hydrogens is 260 g/mol. The van der Waals surface area contributed by atoms with Crippen molar-refractivity contribution in [2.24, 2.45) is 0 Å². The molecule has 19 heavy (non-hydrogen) atoms. The minimum Gasteiger partial charge on any atom is -0.508 e. The zero-order chi connectivity index (χ0) is 13.4. The van der Waals surface area contributed by atoms with Gasteiger partial charge in [-0.05, 0) is 48.5 Å². The number of hydrogen-bond acceptors (Lipinski definition) is 2. The normalized spacial score (nSPS) is 17.4. The van der Waals surface area contributed by atoms with Gasteiger partial charge in [-0.25, -0.2) is 0 Å². The fraction of sp³-hybridized carbons (Fsp3) is 0.125. The van der Waals surface area contributed by atoms with E-state index >= 15 is 0 Å². The number of phenolic OH excluding ortho intramolecular Hbond substituents is 1. The number of phenols is 1. The van der Waals surface area contributed by atoms with Gasteiger partial charge in [0.15, 0.2) is 0 Å². The Hall–Kier alpha value is -1.93. The molecule has 0 aromatic heterocycles. The van der Waals surface area contributed by atoms with Crippen molar-refractivity contribution in [3.63, 3.8) is 0 Å². The molecule has 1 N–H and O–H groups in total. The van der Waals surface area contributed by atoms with E-state index in [2.05, 4.69) is 6.92 Å². The Balaban J connectivity index is 1.99. The Bertz CT molecular complexity index is 644. The van der Waals surface area contributed by atoms with Crippen LogP contribution in [0, 0.1) is 0 Å². The molecule has 96 valence electrons. The van der Waals surface area contributed by atoms with E-state index in [1.165, 1.54) is 0 Å². The van der Waals surface area contributed by atoms with E-state index in [1.54, 1.807) is 18.2 Å². The van der Waals surface area contributed by atoms with Crippen LogP contribution in [0.1, 0.15) is 24.0 Å². The highest BCUT2D eigenvalue weighted by molar-refractivity contribution is 6.30. The van der Waals surface area contributed by atoms with Gasteiger partial charge in [0.25, 0.3) is 0 Å². The first-order chi connectivity index (χ1) is 9.13. The Morgan fingerprint density at radius 1 is 1.11 bits per heavy atom. The van der Waals surface area contributed by atoms with E-state index in [-0.39, 0.29) is 11.7 Å². The molecule has 2 aromatic rings. The second kappa shape index (κ2) is 4.63. The van der Waals surface area contributed by atoms with Gasteiger partial charge in [-0.2, -0.15) is 0 Å². The largest absolute Gasteiger partial charge is 0.508 e. The van der Waals surface area contributed by atoms with E-state index in [0.717, 1.165) is 22.6 Å². The van der Waals surface area contributed by atoms with Crippen molar-refractivity contribution in [1.29, 1.82) is 0 Å². The predicted molar refractivity (Wildman–Crippen MR) is 76.6 cm³/mol. The molecule has 1 unspecified atom stereocenters. The number of benzene rings is 2. The molecule has 0 radical (unpaired) electrons. The van der Waals surface area contributed by atoms with Gasteiger partial charge in [-0.15, -0.1) is 0 Å². The molecule has 3 rings (SSSR count). The van der Waals surface area contributed by atoms with Crippen LogP contribution in [0.15, 0.2) is 48.5 Å². The van der Waals surface area contributed by atoms with E-state index in [0.29, 0.717) is 5.02 Å². The summed E-state index contributed by atoms with van der Waals surface area (Å²) < 4.78 is 5.89. The summed E-state index contributed by atoms with van der Waals surface area (Å²) in [7, 11) is 0. The van der Waals surface area contributed by atoms with Crippen molar-refractivity contribution in [2.75, 3.05) is 0 Å². The lowest BCUT2D eigenvalue weighted by molar-refractivity contribution is 0.462. The summed E-state index contributed by atoms with van der Waals surface area (Å²) in [5, 5.41) is 10.2. The van der Waals surface area contributed by atoms with E-state index in [1.807, 2.05) is 30.3 Å². The summed E-state index contributed by atoms with van der Waals surface area (Å²) in [6.45, 7) is 2.08. The lowest BCUT2D eigenvalue weighted by Crippen LogP contribution is -2.06. The molecule has 0 aliphatic carbocycles. The molecule has 0 spiro atoms. The number of ether oxygens (including phenoxy) is 1. The summed E-state index contributed by atoms with van der Waals surface area (Å²) in [5.74, 6) is 2.07. The van der Waals surface area contributed by atoms with E-state index < -0.39 is 0 Å². The lowest BCUT2D eigenvalue weighted by atomic mass is 9.95. The van der Waals surface area contributed by atoms with Gasteiger partial charge in [0.05, 0.1) is 0 Å². The maximum absolute atomic E-state index is 9.53. The highest BCUT2D eigenvalue weighted by Crippen LogP contribution is 2.38. The first-order valence-electron chi connectivity index (χ1n) is 6.12. The molecule has 1 atom stereocenters. The van der Waals surface area contributed by atoms with Crippen LogP contribution in [-0.2, 0) is 0 Å². The van der Waals surface area contributed by atoms with Crippen LogP contribution >= 0.6 is 11.6 Å². The highest BCUT2D eigenvalue weighted by atomic mass is 35.5. The van der Waals surface area contributed by atoms with Crippen molar-refractivity contribution in [3.8, 4) is 11.5 Å². The molecule has 0 fully saturated rings. The maximum Gasteiger partial charge on any atom is 0.131 e. The Labute approximate surface area is 116 Å². The van der Waals surface area contributed by atoms with Crippen LogP contribution in [0.4, 0.5) is 0 Å². The van der Waals surface area contributed by atoms with Crippen molar-refractivity contribution in [3.05, 3.63) is 64.7 Å². The van der Waals surface area contributed by atoms with Gasteiger partial charge >= 0.3 is 0 Å². The third-order valence-corrected chi connectivity index (χ3v) is 3.49. The zero-order valence-corrected chi connectivity index (χ0v) is 11.2. The van der Waals surface area contributed by atoms with Crippen LogP contribution in [0.3, 0.4) is 0 Å². The topological polar surface area (TPSA) is 29.5 Å². The third kappa shape index (κ3) is 2.32. The zero-order valence-electron chi connectivity index (χ0n) is 10.4. The molecular formula is C16H13ClO2. The van der Waals surface area contributed by atoms with Gasteiger partial charge < -0.3 is 9.84 Å². The Kier molecular flexibility index (Phi) is 2.96. The molecule has 2 nitrogen and oxygen atoms in total. The number of allylic oxidation sites excluding steroid dienone is 1. The molecule has 1 aliphatic rings. The van der Waals surface area contributed by atoms with E-state index in [4.69, 9.17) is 16.3 Å². The standard InChI is InChI=1S/C16H13ClO2/c1-10-8-16(11-2-4-12(17)5-3-11)19-15-7-6-13(18)9-14(10)15/h2-10,18H,1H3. The smallest absolute Gasteiger partial charge is 0.131 e. The quantitative estimate of drug-likeness (QED) is 0.823. The molecule has 1 heterocycles. The minimum atomic E-state index is 0.196. The van der Waals surface area contributed by atoms with Crippen LogP contribution < -0.4 is 4.74 Å².